The molecule has 3 rings (SSSR count). The summed E-state index contributed by atoms with van der Waals surface area (Å²) < 4.78 is 11.1. The Hall–Kier alpha value is -1.55. The predicted octanol–water partition coefficient (Wildman–Crippen LogP) is 4.59. The minimum Gasteiger partial charge on any atom is -0.488 e. The van der Waals surface area contributed by atoms with E-state index in [1.807, 2.05) is 18.2 Å². The molecule has 1 saturated heterocycles. The molecule has 23 heavy (non-hydrogen) atoms. The quantitative estimate of drug-likeness (QED) is 0.740. The predicted molar refractivity (Wildman–Crippen MR) is 90.8 cm³/mol. The van der Waals surface area contributed by atoms with Crippen molar-refractivity contribution in [2.75, 3.05) is 13.2 Å². The minimum atomic E-state index is 0.0270. The molecule has 0 N–H and O–H groups in total. The van der Waals surface area contributed by atoms with Gasteiger partial charge in [0.2, 0.25) is 0 Å². The molecule has 1 unspecified atom stereocenters. The van der Waals surface area contributed by atoms with Crippen molar-refractivity contribution in [1.82, 2.24) is 0 Å². The van der Waals surface area contributed by atoms with E-state index in [2.05, 4.69) is 0 Å². The van der Waals surface area contributed by atoms with E-state index in [0.717, 1.165) is 24.3 Å². The second-order valence-electron chi connectivity index (χ2n) is 5.48. The Morgan fingerprint density at radius 2 is 1.91 bits per heavy atom. The molecule has 1 fully saturated rings. The lowest BCUT2D eigenvalue weighted by atomic mass is 10.0. The van der Waals surface area contributed by atoms with Gasteiger partial charge >= 0.3 is 0 Å². The zero-order valence-corrected chi connectivity index (χ0v) is 13.9. The molecule has 0 spiro atoms. The number of ether oxygens (including phenoxy) is 2. The summed E-state index contributed by atoms with van der Waals surface area (Å²) in [4.78, 5) is 12.3. The zero-order chi connectivity index (χ0) is 16.2. The molecule has 1 atom stereocenters. The Labute approximate surface area is 145 Å². The maximum atomic E-state index is 12.3. The van der Waals surface area contributed by atoms with E-state index >= 15 is 0 Å². The molecule has 0 saturated carbocycles. The number of carbonyl (C=O) groups is 1. The van der Waals surface area contributed by atoms with Crippen LogP contribution in [0.2, 0.25) is 10.0 Å². The molecule has 1 aliphatic heterocycles. The third kappa shape index (κ3) is 4.25. The van der Waals surface area contributed by atoms with Gasteiger partial charge in [0.25, 0.3) is 0 Å². The number of carbonyl (C=O) groups excluding carboxylic acids is 1. The second-order valence-corrected chi connectivity index (χ2v) is 6.29. The lowest BCUT2D eigenvalue weighted by molar-refractivity contribution is 0.0993. The molecule has 2 aromatic rings. The fraction of sp³-hybridized carbons (Fsp3) is 0.278. The molecule has 1 aliphatic rings. The van der Waals surface area contributed by atoms with Gasteiger partial charge in [-0.3, -0.25) is 4.79 Å². The minimum absolute atomic E-state index is 0.0270. The first kappa shape index (κ1) is 16.3. The van der Waals surface area contributed by atoms with E-state index in [1.54, 1.807) is 24.3 Å². The Kier molecular flexibility index (Phi) is 5.21. The van der Waals surface area contributed by atoms with E-state index in [-0.39, 0.29) is 18.3 Å². The maximum Gasteiger partial charge on any atom is 0.167 e. The number of hydrogen-bond acceptors (Lipinski definition) is 3. The van der Waals surface area contributed by atoms with Gasteiger partial charge in [-0.15, -0.1) is 0 Å². The fourth-order valence-electron chi connectivity index (χ4n) is 2.45. The molecule has 0 bridgehead atoms. The summed E-state index contributed by atoms with van der Waals surface area (Å²) in [7, 11) is 0. The third-order valence-corrected chi connectivity index (χ3v) is 4.45. The Balaban J connectivity index is 1.63. The van der Waals surface area contributed by atoms with Crippen LogP contribution >= 0.6 is 23.2 Å². The molecule has 2 aromatic carbocycles. The number of rotatable bonds is 5. The Morgan fingerprint density at radius 1 is 1.13 bits per heavy atom. The van der Waals surface area contributed by atoms with E-state index < -0.39 is 0 Å². The van der Waals surface area contributed by atoms with Gasteiger partial charge in [-0.1, -0.05) is 29.3 Å². The molecule has 120 valence electrons. The summed E-state index contributed by atoms with van der Waals surface area (Å²) in [5.41, 5.74) is 1.49. The monoisotopic (exact) mass is 350 g/mol. The summed E-state index contributed by atoms with van der Waals surface area (Å²) in [6.07, 6.45) is 1.29. The van der Waals surface area contributed by atoms with Crippen molar-refractivity contribution in [2.45, 2.75) is 18.9 Å². The number of hydrogen-bond donors (Lipinski definition) is 0. The molecule has 0 radical (unpaired) electrons. The summed E-state index contributed by atoms with van der Waals surface area (Å²) in [6, 6.07) is 12.4. The van der Waals surface area contributed by atoms with Crippen molar-refractivity contribution in [1.29, 1.82) is 0 Å². The summed E-state index contributed by atoms with van der Waals surface area (Å²) in [5, 5.41) is 0.944. The van der Waals surface area contributed by atoms with E-state index in [1.165, 1.54) is 0 Å². The van der Waals surface area contributed by atoms with Crippen LogP contribution in [0.1, 0.15) is 22.3 Å². The van der Waals surface area contributed by atoms with Gasteiger partial charge < -0.3 is 9.47 Å². The van der Waals surface area contributed by atoms with Gasteiger partial charge in [-0.05, 0) is 42.0 Å². The summed E-state index contributed by atoms with van der Waals surface area (Å²) in [5.74, 6) is 0.783. The van der Waals surface area contributed by atoms with Crippen LogP contribution < -0.4 is 4.74 Å². The van der Waals surface area contributed by atoms with Crippen molar-refractivity contribution in [3.8, 4) is 5.75 Å². The second kappa shape index (κ2) is 7.35. The van der Waals surface area contributed by atoms with Crippen molar-refractivity contribution in [3.63, 3.8) is 0 Å². The lowest BCUT2D eigenvalue weighted by Gasteiger charge is -2.12. The maximum absolute atomic E-state index is 12.3. The van der Waals surface area contributed by atoms with Gasteiger partial charge in [-0.25, -0.2) is 0 Å². The largest absolute Gasteiger partial charge is 0.488 e. The molecule has 0 aliphatic carbocycles. The van der Waals surface area contributed by atoms with Crippen LogP contribution in [0.3, 0.4) is 0 Å². The number of halogens is 2. The van der Waals surface area contributed by atoms with Crippen LogP contribution in [-0.4, -0.2) is 25.1 Å². The highest BCUT2D eigenvalue weighted by Gasteiger charge is 2.17. The molecule has 5 heteroatoms. The number of Topliss-reactive ketones (excluding diaryl/α,β-unsaturated/α-hetero) is 1. The average Bonchev–Trinajstić information content (AvgIpc) is 3.04. The van der Waals surface area contributed by atoms with Crippen LogP contribution in [0, 0.1) is 0 Å². The van der Waals surface area contributed by atoms with Crippen LogP contribution in [0.15, 0.2) is 42.5 Å². The zero-order valence-electron chi connectivity index (χ0n) is 12.4. The first-order valence-corrected chi connectivity index (χ1v) is 8.19. The highest BCUT2D eigenvalue weighted by atomic mass is 35.5. The Morgan fingerprint density at radius 3 is 2.57 bits per heavy atom. The van der Waals surface area contributed by atoms with Crippen LogP contribution in [0.4, 0.5) is 0 Å². The van der Waals surface area contributed by atoms with Crippen molar-refractivity contribution in [2.24, 2.45) is 0 Å². The first-order valence-electron chi connectivity index (χ1n) is 7.43. The summed E-state index contributed by atoms with van der Waals surface area (Å²) >= 11 is 11.9. The van der Waals surface area contributed by atoms with Crippen LogP contribution in [0.5, 0.6) is 5.75 Å². The third-order valence-electron chi connectivity index (χ3n) is 3.72. The van der Waals surface area contributed by atoms with E-state index in [9.17, 15) is 4.79 Å². The fourth-order valence-corrected chi connectivity index (χ4v) is 2.78. The van der Waals surface area contributed by atoms with Crippen molar-refractivity contribution in [3.05, 3.63) is 63.6 Å². The van der Waals surface area contributed by atoms with Gasteiger partial charge in [0, 0.05) is 18.4 Å². The molecular formula is C18H16Cl2O3. The van der Waals surface area contributed by atoms with E-state index in [4.69, 9.17) is 32.7 Å². The van der Waals surface area contributed by atoms with Gasteiger partial charge in [0.05, 0.1) is 23.3 Å². The molecule has 0 aromatic heterocycles. The number of benzene rings is 2. The van der Waals surface area contributed by atoms with Crippen LogP contribution in [0.25, 0.3) is 0 Å². The van der Waals surface area contributed by atoms with Crippen LogP contribution in [-0.2, 0) is 11.2 Å². The average molecular weight is 351 g/mol. The highest BCUT2D eigenvalue weighted by Crippen LogP contribution is 2.24. The molecule has 0 amide bonds. The van der Waals surface area contributed by atoms with Gasteiger partial charge in [0.1, 0.15) is 11.9 Å². The van der Waals surface area contributed by atoms with Crippen molar-refractivity contribution >= 4 is 29.0 Å². The Bertz CT molecular complexity index is 692. The molecule has 3 nitrogen and oxygen atoms in total. The van der Waals surface area contributed by atoms with Gasteiger partial charge in [0.15, 0.2) is 5.78 Å². The standard InChI is InChI=1S/C18H16Cl2O3/c19-16-6-1-12(9-17(16)20)10-18(21)13-2-4-14(5-3-13)23-15-7-8-22-11-15/h1-6,9,15H,7-8,10-11H2. The summed E-state index contributed by atoms with van der Waals surface area (Å²) in [6.45, 7) is 1.36. The smallest absolute Gasteiger partial charge is 0.167 e. The topological polar surface area (TPSA) is 35.5 Å². The molecule has 1 heterocycles. The SMILES string of the molecule is O=C(Cc1ccc(Cl)c(Cl)c1)c1ccc(OC2CCOC2)cc1. The lowest BCUT2D eigenvalue weighted by Crippen LogP contribution is -2.15. The number of ketones is 1. The van der Waals surface area contributed by atoms with Gasteiger partial charge in [-0.2, -0.15) is 0 Å². The first-order chi connectivity index (χ1) is 11.1. The van der Waals surface area contributed by atoms with E-state index in [0.29, 0.717) is 22.2 Å². The van der Waals surface area contributed by atoms with Crippen molar-refractivity contribution < 1.29 is 14.3 Å². The molecular weight excluding hydrogens is 335 g/mol. The normalized spacial score (nSPS) is 17.2. The highest BCUT2D eigenvalue weighted by molar-refractivity contribution is 6.42.